The second kappa shape index (κ2) is 10.6. The van der Waals surface area contributed by atoms with E-state index in [0.717, 1.165) is 10.4 Å². The number of rotatable bonds is 9. The number of sulfonamides is 1. The van der Waals surface area contributed by atoms with Crippen LogP contribution in [-0.2, 0) is 26.2 Å². The Morgan fingerprint density at radius 1 is 1.09 bits per heavy atom. The molecule has 1 heterocycles. The topological polar surface area (TPSA) is 95.6 Å². The van der Waals surface area contributed by atoms with Gasteiger partial charge >= 0.3 is 0 Å². The van der Waals surface area contributed by atoms with E-state index in [-0.39, 0.29) is 23.3 Å². The zero-order valence-corrected chi connectivity index (χ0v) is 21.1. The van der Waals surface area contributed by atoms with E-state index in [4.69, 9.17) is 0 Å². The minimum Gasteiger partial charge on any atom is -0.350 e. The molecule has 32 heavy (non-hydrogen) atoms. The third-order valence-corrected chi connectivity index (χ3v) is 6.98. The van der Waals surface area contributed by atoms with Gasteiger partial charge in [0, 0.05) is 10.4 Å². The molecule has 0 radical (unpaired) electrons. The largest absolute Gasteiger partial charge is 0.350 e. The average molecular weight is 480 g/mol. The number of nitrogens with zero attached hydrogens (tertiary/aromatic N) is 1. The Morgan fingerprint density at radius 3 is 2.22 bits per heavy atom. The summed E-state index contributed by atoms with van der Waals surface area (Å²) in [6, 6.07) is 9.42. The van der Waals surface area contributed by atoms with Crippen molar-refractivity contribution >= 4 is 33.2 Å². The summed E-state index contributed by atoms with van der Waals surface area (Å²) in [5.74, 6) is -0.898. The van der Waals surface area contributed by atoms with Crippen molar-refractivity contribution in [1.82, 2.24) is 14.9 Å². The van der Waals surface area contributed by atoms with Crippen LogP contribution in [-0.4, -0.2) is 43.3 Å². The summed E-state index contributed by atoms with van der Waals surface area (Å²) in [4.78, 5) is 28.8. The standard InChI is InChI=1S/C23H33N3O4S2/c1-16(2)21(22(28)25-23(4,5)6)26(15-18-8-7-13-31-18)20(27)14-24-32(29,30)19-11-9-17(3)10-12-19/h7-13,16,21,24H,14-15H2,1-6H3,(H,25,28)/t21-/m1/s1. The summed E-state index contributed by atoms with van der Waals surface area (Å²) in [5, 5.41) is 4.85. The second-order valence-corrected chi connectivity index (χ2v) is 12.0. The highest BCUT2D eigenvalue weighted by Gasteiger charge is 2.34. The summed E-state index contributed by atoms with van der Waals surface area (Å²) < 4.78 is 27.7. The number of hydrogen-bond acceptors (Lipinski definition) is 5. The first-order chi connectivity index (χ1) is 14.8. The molecule has 0 spiro atoms. The van der Waals surface area contributed by atoms with Crippen LogP contribution in [0.25, 0.3) is 0 Å². The molecular weight excluding hydrogens is 446 g/mol. The highest BCUT2D eigenvalue weighted by Crippen LogP contribution is 2.20. The first-order valence-corrected chi connectivity index (χ1v) is 12.9. The van der Waals surface area contributed by atoms with E-state index in [1.165, 1.54) is 28.4 Å². The van der Waals surface area contributed by atoms with Crippen LogP contribution in [0.3, 0.4) is 0 Å². The summed E-state index contributed by atoms with van der Waals surface area (Å²) in [6.07, 6.45) is 0. The van der Waals surface area contributed by atoms with Crippen LogP contribution in [0.15, 0.2) is 46.7 Å². The summed E-state index contributed by atoms with van der Waals surface area (Å²) in [6.45, 7) is 11.0. The van der Waals surface area contributed by atoms with Crippen molar-refractivity contribution in [3.05, 3.63) is 52.2 Å². The van der Waals surface area contributed by atoms with Crippen LogP contribution in [0.2, 0.25) is 0 Å². The fraction of sp³-hybridized carbons (Fsp3) is 0.478. The molecule has 0 aliphatic rings. The molecule has 0 unspecified atom stereocenters. The minimum atomic E-state index is -3.86. The van der Waals surface area contributed by atoms with E-state index in [0.29, 0.717) is 0 Å². The first kappa shape index (κ1) is 26.0. The Morgan fingerprint density at radius 2 is 1.72 bits per heavy atom. The maximum absolute atomic E-state index is 13.2. The molecule has 2 aromatic rings. The quantitative estimate of drug-likeness (QED) is 0.577. The minimum absolute atomic E-state index is 0.0894. The van der Waals surface area contributed by atoms with Crippen molar-refractivity contribution in [2.24, 2.45) is 5.92 Å². The van der Waals surface area contributed by atoms with Crippen LogP contribution < -0.4 is 10.0 Å². The predicted octanol–water partition coefficient (Wildman–Crippen LogP) is 3.30. The second-order valence-electron chi connectivity index (χ2n) is 9.17. The maximum Gasteiger partial charge on any atom is 0.243 e. The van der Waals surface area contributed by atoms with Gasteiger partial charge in [-0.15, -0.1) is 11.3 Å². The van der Waals surface area contributed by atoms with Gasteiger partial charge in [0.1, 0.15) is 6.04 Å². The molecule has 1 atom stereocenters. The number of carbonyl (C=O) groups is 2. The molecule has 1 aromatic heterocycles. The van der Waals surface area contributed by atoms with Crippen LogP contribution in [0.1, 0.15) is 45.1 Å². The molecule has 2 amide bonds. The molecule has 0 aliphatic carbocycles. The van der Waals surface area contributed by atoms with Crippen molar-refractivity contribution in [2.45, 2.75) is 64.6 Å². The Bertz CT molecular complexity index is 1010. The van der Waals surface area contributed by atoms with E-state index in [1.54, 1.807) is 12.1 Å². The lowest BCUT2D eigenvalue weighted by Crippen LogP contribution is -2.56. The van der Waals surface area contributed by atoms with Gasteiger partial charge in [0.25, 0.3) is 0 Å². The zero-order valence-electron chi connectivity index (χ0n) is 19.5. The van der Waals surface area contributed by atoms with E-state index in [2.05, 4.69) is 10.0 Å². The third kappa shape index (κ3) is 7.43. The van der Waals surface area contributed by atoms with Crippen molar-refractivity contribution in [3.8, 4) is 0 Å². The Kier molecular flexibility index (Phi) is 8.61. The van der Waals surface area contributed by atoms with Crippen molar-refractivity contribution < 1.29 is 18.0 Å². The molecular formula is C23H33N3O4S2. The molecule has 0 aliphatic heterocycles. The lowest BCUT2D eigenvalue weighted by molar-refractivity contribution is -0.142. The number of thiophene rings is 1. The van der Waals surface area contributed by atoms with Gasteiger partial charge in [-0.3, -0.25) is 9.59 Å². The number of hydrogen-bond donors (Lipinski definition) is 2. The number of aryl methyl sites for hydroxylation is 1. The molecule has 0 saturated heterocycles. The molecule has 1 aromatic carbocycles. The number of nitrogens with one attached hydrogen (secondary N) is 2. The van der Waals surface area contributed by atoms with Crippen LogP contribution in [0.5, 0.6) is 0 Å². The van der Waals surface area contributed by atoms with Crippen molar-refractivity contribution in [2.75, 3.05) is 6.54 Å². The first-order valence-electron chi connectivity index (χ1n) is 10.5. The number of benzene rings is 1. The van der Waals surface area contributed by atoms with E-state index in [9.17, 15) is 18.0 Å². The summed E-state index contributed by atoms with van der Waals surface area (Å²) >= 11 is 1.48. The predicted molar refractivity (Wildman–Crippen MR) is 128 cm³/mol. The lowest BCUT2D eigenvalue weighted by Gasteiger charge is -2.35. The molecule has 9 heteroatoms. The van der Waals surface area contributed by atoms with Gasteiger partial charge in [-0.1, -0.05) is 37.6 Å². The highest BCUT2D eigenvalue weighted by atomic mass is 32.2. The Balaban J connectivity index is 2.27. The smallest absolute Gasteiger partial charge is 0.243 e. The molecule has 0 saturated carbocycles. The van der Waals surface area contributed by atoms with E-state index in [1.807, 2.05) is 59.1 Å². The summed E-state index contributed by atoms with van der Waals surface area (Å²) in [7, 11) is -3.86. The zero-order chi connectivity index (χ0) is 24.1. The van der Waals surface area contributed by atoms with Crippen LogP contribution in [0.4, 0.5) is 0 Å². The SMILES string of the molecule is Cc1ccc(S(=O)(=O)NCC(=O)N(Cc2cccs2)[C@@H](C(=O)NC(C)(C)C)C(C)C)cc1. The van der Waals surface area contributed by atoms with Gasteiger partial charge in [0.05, 0.1) is 18.0 Å². The van der Waals surface area contributed by atoms with E-state index >= 15 is 0 Å². The lowest BCUT2D eigenvalue weighted by atomic mass is 9.99. The van der Waals surface area contributed by atoms with Gasteiger partial charge in [0.15, 0.2) is 0 Å². The normalized spacial score (nSPS) is 13.1. The molecule has 2 N–H and O–H groups in total. The van der Waals surface area contributed by atoms with Gasteiger partial charge < -0.3 is 10.2 Å². The fourth-order valence-corrected chi connectivity index (χ4v) is 4.90. The van der Waals surface area contributed by atoms with Gasteiger partial charge in [-0.2, -0.15) is 0 Å². The van der Waals surface area contributed by atoms with Gasteiger partial charge in [-0.05, 0) is 57.2 Å². The van der Waals surface area contributed by atoms with Crippen molar-refractivity contribution in [1.29, 1.82) is 0 Å². The molecule has 0 fully saturated rings. The summed E-state index contributed by atoms with van der Waals surface area (Å²) in [5.41, 5.74) is 0.473. The third-order valence-electron chi connectivity index (χ3n) is 4.71. The Labute approximate surface area is 195 Å². The van der Waals surface area contributed by atoms with Gasteiger partial charge in [-0.25, -0.2) is 13.1 Å². The van der Waals surface area contributed by atoms with Crippen LogP contribution >= 0.6 is 11.3 Å². The van der Waals surface area contributed by atoms with Crippen LogP contribution in [0, 0.1) is 12.8 Å². The highest BCUT2D eigenvalue weighted by molar-refractivity contribution is 7.89. The maximum atomic E-state index is 13.2. The molecule has 0 bridgehead atoms. The number of carbonyl (C=O) groups excluding carboxylic acids is 2. The number of amides is 2. The van der Waals surface area contributed by atoms with Crippen molar-refractivity contribution in [3.63, 3.8) is 0 Å². The van der Waals surface area contributed by atoms with Gasteiger partial charge in [0.2, 0.25) is 21.8 Å². The Hall–Kier alpha value is -2.23. The molecule has 7 nitrogen and oxygen atoms in total. The molecule has 2 rings (SSSR count). The van der Waals surface area contributed by atoms with E-state index < -0.39 is 34.1 Å². The molecule has 176 valence electrons. The monoisotopic (exact) mass is 479 g/mol. The average Bonchev–Trinajstić information content (AvgIpc) is 3.17. The fourth-order valence-electron chi connectivity index (χ4n) is 3.22.